The first kappa shape index (κ1) is 18.0. The molecule has 1 heterocycles. The van der Waals surface area contributed by atoms with Gasteiger partial charge in [-0.2, -0.15) is 0 Å². The van der Waals surface area contributed by atoms with Crippen LogP contribution in [0, 0.1) is 12.3 Å². The number of carbonyl (C=O) groups excluding carboxylic acids is 1. The van der Waals surface area contributed by atoms with E-state index < -0.39 is 0 Å². The molecule has 0 atom stereocenters. The first-order valence-corrected chi connectivity index (χ1v) is 8.10. The van der Waals surface area contributed by atoms with Crippen molar-refractivity contribution in [3.05, 3.63) is 51.9 Å². The molecule has 0 radical (unpaired) electrons. The van der Waals surface area contributed by atoms with Crippen LogP contribution in [0.3, 0.4) is 0 Å². The van der Waals surface area contributed by atoms with E-state index in [9.17, 15) is 14.7 Å². The van der Waals surface area contributed by atoms with Crippen LogP contribution in [0.4, 0.5) is 0 Å². The Kier molecular flexibility index (Phi) is 5.62. The maximum absolute atomic E-state index is 12.1. The average molecular weight is 331 g/mol. The Morgan fingerprint density at radius 2 is 1.96 bits per heavy atom. The Morgan fingerprint density at radius 3 is 2.58 bits per heavy atom. The predicted molar refractivity (Wildman–Crippen MR) is 93.6 cm³/mol. The second-order valence-corrected chi connectivity index (χ2v) is 6.86. The van der Waals surface area contributed by atoms with Crippen molar-refractivity contribution in [1.82, 2.24) is 15.1 Å². The van der Waals surface area contributed by atoms with Crippen molar-refractivity contribution >= 4 is 5.91 Å². The lowest BCUT2D eigenvalue weighted by Gasteiger charge is -2.21. The number of aliphatic hydroxyl groups is 1. The fourth-order valence-electron chi connectivity index (χ4n) is 2.34. The molecular formula is C18H25N3O3. The highest BCUT2D eigenvalue weighted by Crippen LogP contribution is 2.20. The van der Waals surface area contributed by atoms with Gasteiger partial charge in [-0.25, -0.2) is 4.68 Å². The molecule has 1 aromatic carbocycles. The van der Waals surface area contributed by atoms with Crippen LogP contribution in [0.25, 0.3) is 5.69 Å². The molecule has 0 unspecified atom stereocenters. The van der Waals surface area contributed by atoms with E-state index in [0.717, 1.165) is 18.4 Å². The topological polar surface area (TPSA) is 87.1 Å². The summed E-state index contributed by atoms with van der Waals surface area (Å²) in [6.45, 7) is 6.55. The van der Waals surface area contributed by atoms with Crippen molar-refractivity contribution in [3.8, 4) is 5.69 Å². The SMILES string of the molecule is Cc1ccc(-n2[nH]c(C(=O)NCCCC(C)(C)CO)cc2=O)cc1. The Bertz CT molecular complexity index is 742. The Morgan fingerprint density at radius 1 is 1.29 bits per heavy atom. The minimum atomic E-state index is -0.306. The van der Waals surface area contributed by atoms with E-state index in [0.29, 0.717) is 12.2 Å². The third-order valence-electron chi connectivity index (χ3n) is 4.00. The maximum atomic E-state index is 12.1. The number of hydrogen-bond donors (Lipinski definition) is 3. The van der Waals surface area contributed by atoms with Gasteiger partial charge in [0, 0.05) is 19.2 Å². The van der Waals surface area contributed by atoms with E-state index in [1.54, 1.807) is 0 Å². The number of aromatic nitrogens is 2. The van der Waals surface area contributed by atoms with Crippen LogP contribution in [0.2, 0.25) is 0 Å². The molecule has 130 valence electrons. The van der Waals surface area contributed by atoms with Gasteiger partial charge in [0.25, 0.3) is 11.5 Å². The van der Waals surface area contributed by atoms with E-state index >= 15 is 0 Å². The Labute approximate surface area is 141 Å². The zero-order valence-electron chi connectivity index (χ0n) is 14.4. The number of benzene rings is 1. The number of nitrogens with one attached hydrogen (secondary N) is 2. The van der Waals surface area contributed by atoms with Crippen LogP contribution in [-0.4, -0.2) is 33.9 Å². The monoisotopic (exact) mass is 331 g/mol. The van der Waals surface area contributed by atoms with Gasteiger partial charge in [0.15, 0.2) is 0 Å². The number of aliphatic hydroxyl groups excluding tert-OH is 1. The van der Waals surface area contributed by atoms with E-state index in [2.05, 4.69) is 10.4 Å². The number of carbonyl (C=O) groups is 1. The zero-order chi connectivity index (χ0) is 17.7. The summed E-state index contributed by atoms with van der Waals surface area (Å²) in [5, 5.41) is 14.8. The second-order valence-electron chi connectivity index (χ2n) is 6.86. The van der Waals surface area contributed by atoms with Gasteiger partial charge in [0.05, 0.1) is 5.69 Å². The van der Waals surface area contributed by atoms with Gasteiger partial charge in [-0.3, -0.25) is 14.7 Å². The fourth-order valence-corrected chi connectivity index (χ4v) is 2.34. The van der Waals surface area contributed by atoms with Gasteiger partial charge >= 0.3 is 0 Å². The maximum Gasteiger partial charge on any atom is 0.271 e. The third-order valence-corrected chi connectivity index (χ3v) is 4.00. The largest absolute Gasteiger partial charge is 0.396 e. The lowest BCUT2D eigenvalue weighted by atomic mass is 9.89. The number of H-pyrrole nitrogens is 1. The Balaban J connectivity index is 1.98. The molecule has 0 fully saturated rings. The summed E-state index contributed by atoms with van der Waals surface area (Å²) in [6.07, 6.45) is 1.58. The van der Waals surface area contributed by atoms with Crippen LogP contribution >= 0.6 is 0 Å². The summed E-state index contributed by atoms with van der Waals surface area (Å²) >= 11 is 0. The smallest absolute Gasteiger partial charge is 0.271 e. The number of hydrogen-bond acceptors (Lipinski definition) is 3. The van der Waals surface area contributed by atoms with Gasteiger partial charge in [0.2, 0.25) is 0 Å². The molecule has 0 bridgehead atoms. The molecule has 0 aliphatic heterocycles. The van der Waals surface area contributed by atoms with E-state index in [-0.39, 0.29) is 29.2 Å². The molecule has 2 aromatic rings. The molecule has 0 spiro atoms. The number of aryl methyl sites for hydroxylation is 1. The highest BCUT2D eigenvalue weighted by molar-refractivity contribution is 5.92. The quantitative estimate of drug-likeness (QED) is 0.678. The van der Waals surface area contributed by atoms with Gasteiger partial charge < -0.3 is 10.4 Å². The minimum absolute atomic E-state index is 0.119. The normalized spacial score (nSPS) is 11.5. The Hall–Kier alpha value is -2.34. The molecule has 0 aliphatic rings. The summed E-state index contributed by atoms with van der Waals surface area (Å²) < 4.78 is 1.35. The lowest BCUT2D eigenvalue weighted by Crippen LogP contribution is -2.26. The van der Waals surface area contributed by atoms with Gasteiger partial charge in [-0.05, 0) is 37.3 Å². The third kappa shape index (κ3) is 4.58. The number of amides is 1. The molecule has 0 saturated carbocycles. The summed E-state index contributed by atoms with van der Waals surface area (Å²) in [4.78, 5) is 24.2. The average Bonchev–Trinajstić information content (AvgIpc) is 2.94. The molecule has 6 heteroatoms. The van der Waals surface area contributed by atoms with E-state index in [1.807, 2.05) is 45.0 Å². The first-order chi connectivity index (χ1) is 11.3. The van der Waals surface area contributed by atoms with Crippen molar-refractivity contribution in [1.29, 1.82) is 0 Å². The first-order valence-electron chi connectivity index (χ1n) is 8.10. The number of aromatic amines is 1. The molecule has 1 aromatic heterocycles. The van der Waals surface area contributed by atoms with Crippen LogP contribution in [0.15, 0.2) is 35.1 Å². The molecule has 0 aliphatic carbocycles. The number of rotatable bonds is 7. The second kappa shape index (κ2) is 7.49. The molecule has 24 heavy (non-hydrogen) atoms. The molecule has 2 rings (SSSR count). The van der Waals surface area contributed by atoms with Crippen LogP contribution in [-0.2, 0) is 0 Å². The van der Waals surface area contributed by atoms with Gasteiger partial charge in [0.1, 0.15) is 5.69 Å². The van der Waals surface area contributed by atoms with Crippen LogP contribution in [0.1, 0.15) is 42.7 Å². The van der Waals surface area contributed by atoms with Crippen molar-refractivity contribution in [3.63, 3.8) is 0 Å². The van der Waals surface area contributed by atoms with Crippen LogP contribution in [0.5, 0.6) is 0 Å². The lowest BCUT2D eigenvalue weighted by molar-refractivity contribution is 0.0943. The zero-order valence-corrected chi connectivity index (χ0v) is 14.4. The van der Waals surface area contributed by atoms with Crippen molar-refractivity contribution in [2.75, 3.05) is 13.2 Å². The highest BCUT2D eigenvalue weighted by Gasteiger charge is 2.16. The van der Waals surface area contributed by atoms with Crippen molar-refractivity contribution < 1.29 is 9.90 Å². The number of nitrogens with zero attached hydrogens (tertiary/aromatic N) is 1. The van der Waals surface area contributed by atoms with E-state index in [1.165, 1.54) is 10.7 Å². The van der Waals surface area contributed by atoms with E-state index in [4.69, 9.17) is 0 Å². The summed E-state index contributed by atoms with van der Waals surface area (Å²) in [5.74, 6) is -0.306. The summed E-state index contributed by atoms with van der Waals surface area (Å²) in [6, 6.07) is 8.77. The van der Waals surface area contributed by atoms with Gasteiger partial charge in [-0.1, -0.05) is 31.5 Å². The van der Waals surface area contributed by atoms with Crippen molar-refractivity contribution in [2.24, 2.45) is 5.41 Å². The van der Waals surface area contributed by atoms with Crippen LogP contribution < -0.4 is 10.9 Å². The minimum Gasteiger partial charge on any atom is -0.396 e. The molecule has 0 saturated heterocycles. The molecule has 6 nitrogen and oxygen atoms in total. The van der Waals surface area contributed by atoms with Crippen molar-refractivity contribution in [2.45, 2.75) is 33.6 Å². The highest BCUT2D eigenvalue weighted by atomic mass is 16.3. The predicted octanol–water partition coefficient (Wildman–Crippen LogP) is 2.00. The molecule has 1 amide bonds. The summed E-state index contributed by atoms with van der Waals surface area (Å²) in [5.41, 5.74) is 1.61. The summed E-state index contributed by atoms with van der Waals surface area (Å²) in [7, 11) is 0. The molecule has 3 N–H and O–H groups in total. The fraction of sp³-hybridized carbons (Fsp3) is 0.444. The molecular weight excluding hydrogens is 306 g/mol. The van der Waals surface area contributed by atoms with Gasteiger partial charge in [-0.15, -0.1) is 0 Å². The standard InChI is InChI=1S/C18H25N3O3/c1-13-5-7-14(8-6-13)21-16(23)11-15(20-21)17(24)19-10-4-9-18(2,3)12-22/h5-8,11,20,22H,4,9-10,12H2,1-3H3,(H,19,24).